The van der Waals surface area contributed by atoms with Crippen LogP contribution in [0.4, 0.5) is 0 Å². The zero-order chi connectivity index (χ0) is 19.8. The SMILES string of the molecule is COC(=O)Cc1cc(Br)ccc1OCc1ccc(OCc2ccccc2)cc1. The number of carbonyl (C=O) groups is 1. The Balaban J connectivity index is 1.58. The predicted molar refractivity (Wildman–Crippen MR) is 111 cm³/mol. The van der Waals surface area contributed by atoms with Crippen molar-refractivity contribution in [1.82, 2.24) is 0 Å². The van der Waals surface area contributed by atoms with Crippen LogP contribution in [-0.4, -0.2) is 13.1 Å². The third-order valence-electron chi connectivity index (χ3n) is 4.15. The molecule has 144 valence electrons. The van der Waals surface area contributed by atoms with E-state index in [1.807, 2.05) is 72.8 Å². The van der Waals surface area contributed by atoms with Crippen LogP contribution in [0.25, 0.3) is 0 Å². The molecule has 0 aliphatic carbocycles. The van der Waals surface area contributed by atoms with Crippen LogP contribution in [0.3, 0.4) is 0 Å². The molecular weight excluding hydrogens is 420 g/mol. The minimum absolute atomic E-state index is 0.164. The molecule has 0 radical (unpaired) electrons. The van der Waals surface area contributed by atoms with E-state index in [0.29, 0.717) is 19.0 Å². The normalized spacial score (nSPS) is 10.4. The molecule has 0 heterocycles. The lowest BCUT2D eigenvalue weighted by Crippen LogP contribution is -2.07. The van der Waals surface area contributed by atoms with E-state index in [4.69, 9.17) is 14.2 Å². The molecule has 5 heteroatoms. The van der Waals surface area contributed by atoms with E-state index < -0.39 is 0 Å². The second-order valence-electron chi connectivity index (χ2n) is 6.21. The summed E-state index contributed by atoms with van der Waals surface area (Å²) in [7, 11) is 1.38. The quantitative estimate of drug-likeness (QED) is 0.444. The Kier molecular flexibility index (Phi) is 7.09. The van der Waals surface area contributed by atoms with Crippen molar-refractivity contribution >= 4 is 21.9 Å². The molecular formula is C23H21BrO4. The summed E-state index contributed by atoms with van der Waals surface area (Å²) in [4.78, 5) is 11.6. The van der Waals surface area contributed by atoms with Gasteiger partial charge in [-0.2, -0.15) is 0 Å². The van der Waals surface area contributed by atoms with Gasteiger partial charge in [-0.3, -0.25) is 4.79 Å². The van der Waals surface area contributed by atoms with Crippen molar-refractivity contribution in [2.45, 2.75) is 19.6 Å². The van der Waals surface area contributed by atoms with Crippen LogP contribution < -0.4 is 9.47 Å². The lowest BCUT2D eigenvalue weighted by Gasteiger charge is -2.12. The number of hydrogen-bond donors (Lipinski definition) is 0. The fourth-order valence-electron chi connectivity index (χ4n) is 2.64. The molecule has 0 amide bonds. The van der Waals surface area contributed by atoms with Crippen LogP contribution >= 0.6 is 15.9 Å². The lowest BCUT2D eigenvalue weighted by atomic mass is 10.1. The van der Waals surface area contributed by atoms with Crippen LogP contribution in [-0.2, 0) is 29.2 Å². The molecule has 0 spiro atoms. The average molecular weight is 441 g/mol. The third-order valence-corrected chi connectivity index (χ3v) is 4.64. The average Bonchev–Trinajstić information content (AvgIpc) is 2.73. The minimum atomic E-state index is -0.303. The highest BCUT2D eigenvalue weighted by atomic mass is 79.9. The Bertz CT molecular complexity index is 908. The smallest absolute Gasteiger partial charge is 0.310 e. The molecule has 0 aliphatic rings. The summed E-state index contributed by atoms with van der Waals surface area (Å²) in [5.41, 5.74) is 2.92. The van der Waals surface area contributed by atoms with E-state index in [-0.39, 0.29) is 12.4 Å². The predicted octanol–water partition coefficient (Wildman–Crippen LogP) is 5.32. The minimum Gasteiger partial charge on any atom is -0.489 e. The first-order chi connectivity index (χ1) is 13.6. The first-order valence-electron chi connectivity index (χ1n) is 8.88. The number of benzene rings is 3. The molecule has 4 nitrogen and oxygen atoms in total. The molecule has 3 rings (SSSR count). The van der Waals surface area contributed by atoms with Gasteiger partial charge in [0.25, 0.3) is 0 Å². The third kappa shape index (κ3) is 5.86. The summed E-state index contributed by atoms with van der Waals surface area (Å²) in [5, 5.41) is 0. The van der Waals surface area contributed by atoms with Gasteiger partial charge in [-0.05, 0) is 41.5 Å². The van der Waals surface area contributed by atoms with Gasteiger partial charge in [0, 0.05) is 10.0 Å². The maximum atomic E-state index is 11.6. The van der Waals surface area contributed by atoms with Crippen LogP contribution in [0.5, 0.6) is 11.5 Å². The molecule has 0 bridgehead atoms. The molecule has 28 heavy (non-hydrogen) atoms. The van der Waals surface area contributed by atoms with E-state index in [1.165, 1.54) is 7.11 Å². The van der Waals surface area contributed by atoms with E-state index in [1.54, 1.807) is 0 Å². The number of hydrogen-bond acceptors (Lipinski definition) is 4. The number of halogens is 1. The molecule has 0 saturated carbocycles. The molecule has 0 unspecified atom stereocenters. The van der Waals surface area contributed by atoms with E-state index in [0.717, 1.165) is 26.9 Å². The van der Waals surface area contributed by atoms with Crippen molar-refractivity contribution in [3.8, 4) is 11.5 Å². The number of methoxy groups -OCH3 is 1. The van der Waals surface area contributed by atoms with Gasteiger partial charge in [-0.1, -0.05) is 58.4 Å². The zero-order valence-corrected chi connectivity index (χ0v) is 17.1. The van der Waals surface area contributed by atoms with E-state index in [2.05, 4.69) is 15.9 Å². The Hall–Kier alpha value is -2.79. The molecule has 0 saturated heterocycles. The Morgan fingerprint density at radius 3 is 2.25 bits per heavy atom. The Morgan fingerprint density at radius 1 is 0.857 bits per heavy atom. The van der Waals surface area contributed by atoms with Crippen molar-refractivity contribution < 1.29 is 19.0 Å². The van der Waals surface area contributed by atoms with Gasteiger partial charge >= 0.3 is 5.97 Å². The Morgan fingerprint density at radius 2 is 1.54 bits per heavy atom. The lowest BCUT2D eigenvalue weighted by molar-refractivity contribution is -0.139. The van der Waals surface area contributed by atoms with Gasteiger partial charge in [-0.15, -0.1) is 0 Å². The van der Waals surface area contributed by atoms with Crippen molar-refractivity contribution in [1.29, 1.82) is 0 Å². The summed E-state index contributed by atoms with van der Waals surface area (Å²) in [6.45, 7) is 0.932. The van der Waals surface area contributed by atoms with Gasteiger partial charge in [0.05, 0.1) is 13.5 Å². The Labute approximate surface area is 173 Å². The number of rotatable bonds is 8. The maximum Gasteiger partial charge on any atom is 0.310 e. The summed E-state index contributed by atoms with van der Waals surface area (Å²) >= 11 is 3.42. The summed E-state index contributed by atoms with van der Waals surface area (Å²) in [6, 6.07) is 23.4. The zero-order valence-electron chi connectivity index (χ0n) is 15.6. The fourth-order valence-corrected chi connectivity index (χ4v) is 3.05. The van der Waals surface area contributed by atoms with E-state index in [9.17, 15) is 4.79 Å². The summed E-state index contributed by atoms with van der Waals surface area (Å²) in [6.07, 6.45) is 0.164. The second kappa shape index (κ2) is 9.95. The van der Waals surface area contributed by atoms with Gasteiger partial charge in [0.1, 0.15) is 24.7 Å². The van der Waals surface area contributed by atoms with Crippen LogP contribution in [0.2, 0.25) is 0 Å². The van der Waals surface area contributed by atoms with Crippen LogP contribution in [0.15, 0.2) is 77.3 Å². The van der Waals surface area contributed by atoms with Crippen LogP contribution in [0.1, 0.15) is 16.7 Å². The van der Waals surface area contributed by atoms with E-state index >= 15 is 0 Å². The molecule has 3 aromatic rings. The maximum absolute atomic E-state index is 11.6. The number of ether oxygens (including phenoxy) is 3. The number of carbonyl (C=O) groups excluding carboxylic acids is 1. The highest BCUT2D eigenvalue weighted by Crippen LogP contribution is 2.25. The topological polar surface area (TPSA) is 44.8 Å². The molecule has 0 N–H and O–H groups in total. The number of esters is 1. The second-order valence-corrected chi connectivity index (χ2v) is 7.13. The van der Waals surface area contributed by atoms with Crippen molar-refractivity contribution in [2.24, 2.45) is 0 Å². The largest absolute Gasteiger partial charge is 0.489 e. The van der Waals surface area contributed by atoms with Gasteiger partial charge in [0.15, 0.2) is 0 Å². The van der Waals surface area contributed by atoms with Crippen LogP contribution in [0, 0.1) is 0 Å². The highest BCUT2D eigenvalue weighted by molar-refractivity contribution is 9.10. The van der Waals surface area contributed by atoms with Crippen molar-refractivity contribution in [3.05, 3.63) is 94.0 Å². The molecule has 0 atom stereocenters. The molecule has 0 aliphatic heterocycles. The highest BCUT2D eigenvalue weighted by Gasteiger charge is 2.10. The van der Waals surface area contributed by atoms with Gasteiger partial charge < -0.3 is 14.2 Å². The van der Waals surface area contributed by atoms with Crippen molar-refractivity contribution in [2.75, 3.05) is 7.11 Å². The van der Waals surface area contributed by atoms with Crippen molar-refractivity contribution in [3.63, 3.8) is 0 Å². The monoisotopic (exact) mass is 440 g/mol. The molecule has 3 aromatic carbocycles. The van der Waals surface area contributed by atoms with Gasteiger partial charge in [-0.25, -0.2) is 0 Å². The summed E-state index contributed by atoms with van der Waals surface area (Å²) < 4.78 is 17.4. The first-order valence-corrected chi connectivity index (χ1v) is 9.67. The molecule has 0 fully saturated rings. The fraction of sp³-hybridized carbons (Fsp3) is 0.174. The molecule has 0 aromatic heterocycles. The standard InChI is InChI=1S/C23H21BrO4/c1-26-23(25)14-19-13-20(24)9-12-22(19)28-16-18-7-10-21(11-8-18)27-15-17-5-3-2-4-6-17/h2-13H,14-16H2,1H3. The first kappa shape index (κ1) is 20.0. The van der Waals surface area contributed by atoms with Gasteiger partial charge in [0.2, 0.25) is 0 Å². The summed E-state index contributed by atoms with van der Waals surface area (Å²) in [5.74, 6) is 1.17.